The predicted octanol–water partition coefficient (Wildman–Crippen LogP) is 4.21. The van der Waals surface area contributed by atoms with Crippen molar-refractivity contribution in [2.75, 3.05) is 24.8 Å². The van der Waals surface area contributed by atoms with Crippen LogP contribution in [0, 0.1) is 0 Å². The first-order valence-corrected chi connectivity index (χ1v) is 11.0. The van der Waals surface area contributed by atoms with Crippen molar-refractivity contribution >= 4 is 44.9 Å². The number of nitrogens with zero attached hydrogens (tertiary/aromatic N) is 3. The van der Waals surface area contributed by atoms with E-state index in [0.29, 0.717) is 26.8 Å². The molecule has 0 fully saturated rings. The van der Waals surface area contributed by atoms with E-state index >= 15 is 0 Å². The molecule has 4 rings (SSSR count). The first-order valence-electron chi connectivity index (χ1n) is 9.18. The maximum Gasteiger partial charge on any atom is 0.276 e. The van der Waals surface area contributed by atoms with Crippen LogP contribution in [0.3, 0.4) is 0 Å². The Labute approximate surface area is 181 Å². The topological polar surface area (TPSA) is 64.4 Å². The van der Waals surface area contributed by atoms with Crippen molar-refractivity contribution in [1.82, 2.24) is 9.55 Å². The molecule has 0 radical (unpaired) electrons. The summed E-state index contributed by atoms with van der Waals surface area (Å²) in [4.78, 5) is 32.3. The minimum Gasteiger partial charge on any atom is -0.495 e. The SMILES string of the molecule is COc1ccccc1-n1c(SCC(=O)N(C)c2ccccc2)nc2ccsc2c1=O. The van der Waals surface area contributed by atoms with Gasteiger partial charge in [-0.15, -0.1) is 11.3 Å². The molecule has 2 heterocycles. The molecule has 0 aliphatic rings. The number of anilines is 1. The van der Waals surface area contributed by atoms with Crippen LogP contribution < -0.4 is 15.2 Å². The van der Waals surface area contributed by atoms with Gasteiger partial charge in [0.1, 0.15) is 10.4 Å². The normalized spacial score (nSPS) is 10.9. The Morgan fingerprint density at radius 1 is 1.13 bits per heavy atom. The second-order valence-electron chi connectivity index (χ2n) is 6.42. The van der Waals surface area contributed by atoms with Gasteiger partial charge >= 0.3 is 0 Å². The van der Waals surface area contributed by atoms with Crippen LogP contribution in [0.4, 0.5) is 5.69 Å². The van der Waals surface area contributed by atoms with Crippen LogP contribution in [-0.2, 0) is 4.79 Å². The highest BCUT2D eigenvalue weighted by Crippen LogP contribution is 2.28. The van der Waals surface area contributed by atoms with Crippen LogP contribution in [0.25, 0.3) is 15.9 Å². The molecule has 30 heavy (non-hydrogen) atoms. The monoisotopic (exact) mass is 437 g/mol. The third kappa shape index (κ3) is 3.83. The van der Waals surface area contributed by atoms with Gasteiger partial charge in [-0.25, -0.2) is 4.98 Å². The molecule has 0 spiro atoms. The number of hydrogen-bond acceptors (Lipinski definition) is 6. The molecule has 0 saturated carbocycles. The van der Waals surface area contributed by atoms with Crippen LogP contribution >= 0.6 is 23.1 Å². The fourth-order valence-electron chi connectivity index (χ4n) is 3.03. The molecular weight excluding hydrogens is 418 g/mol. The average molecular weight is 438 g/mol. The standard InChI is InChI=1S/C22H19N3O3S2/c1-24(15-8-4-3-5-9-15)19(26)14-30-22-23-16-12-13-29-20(16)21(27)25(22)17-10-6-7-11-18(17)28-2/h3-13H,14H2,1-2H3. The molecule has 1 amide bonds. The zero-order chi connectivity index (χ0) is 21.1. The van der Waals surface area contributed by atoms with Gasteiger partial charge in [0.05, 0.1) is 24.1 Å². The molecule has 0 atom stereocenters. The van der Waals surface area contributed by atoms with Crippen molar-refractivity contribution in [3.8, 4) is 11.4 Å². The number of benzene rings is 2. The number of hydrogen-bond donors (Lipinski definition) is 0. The minimum atomic E-state index is -0.175. The summed E-state index contributed by atoms with van der Waals surface area (Å²) in [5.41, 5.74) is 1.86. The Morgan fingerprint density at radius 2 is 1.87 bits per heavy atom. The van der Waals surface area contributed by atoms with Crippen molar-refractivity contribution in [2.45, 2.75) is 5.16 Å². The Balaban J connectivity index is 1.72. The summed E-state index contributed by atoms with van der Waals surface area (Å²) in [6.45, 7) is 0. The second kappa shape index (κ2) is 8.73. The van der Waals surface area contributed by atoms with Crippen molar-refractivity contribution in [3.63, 3.8) is 0 Å². The van der Waals surface area contributed by atoms with Crippen LogP contribution in [0.15, 0.2) is 76.0 Å². The fourth-order valence-corrected chi connectivity index (χ4v) is 4.71. The molecule has 0 bridgehead atoms. The zero-order valence-corrected chi connectivity index (χ0v) is 18.1. The second-order valence-corrected chi connectivity index (χ2v) is 8.28. The molecule has 0 aliphatic carbocycles. The highest BCUT2D eigenvalue weighted by Gasteiger charge is 2.19. The van der Waals surface area contributed by atoms with Crippen molar-refractivity contribution < 1.29 is 9.53 Å². The molecule has 8 heteroatoms. The summed E-state index contributed by atoms with van der Waals surface area (Å²) in [6, 6.07) is 18.5. The number of fused-ring (bicyclic) bond motifs is 1. The number of amides is 1. The van der Waals surface area contributed by atoms with E-state index in [1.807, 2.05) is 60.0 Å². The lowest BCUT2D eigenvalue weighted by Gasteiger charge is -2.18. The van der Waals surface area contributed by atoms with E-state index in [4.69, 9.17) is 4.74 Å². The van der Waals surface area contributed by atoms with Gasteiger partial charge < -0.3 is 9.64 Å². The van der Waals surface area contributed by atoms with E-state index in [1.54, 1.807) is 25.1 Å². The first kappa shape index (κ1) is 20.2. The van der Waals surface area contributed by atoms with Crippen LogP contribution in [0.2, 0.25) is 0 Å². The number of ether oxygens (including phenoxy) is 1. The fraction of sp³-hybridized carbons (Fsp3) is 0.136. The molecule has 0 saturated heterocycles. The molecule has 152 valence electrons. The van der Waals surface area contributed by atoms with Gasteiger partial charge in [0, 0.05) is 12.7 Å². The van der Waals surface area contributed by atoms with E-state index in [-0.39, 0.29) is 17.2 Å². The summed E-state index contributed by atoms with van der Waals surface area (Å²) in [5, 5.41) is 2.29. The van der Waals surface area contributed by atoms with Gasteiger partial charge in [-0.3, -0.25) is 14.2 Å². The molecule has 6 nitrogen and oxygen atoms in total. The summed E-state index contributed by atoms with van der Waals surface area (Å²) in [6.07, 6.45) is 0. The Kier molecular flexibility index (Phi) is 5.87. The number of thioether (sulfide) groups is 1. The minimum absolute atomic E-state index is 0.0857. The quantitative estimate of drug-likeness (QED) is 0.334. The van der Waals surface area contributed by atoms with Gasteiger partial charge in [-0.2, -0.15) is 0 Å². The average Bonchev–Trinajstić information content (AvgIpc) is 3.26. The van der Waals surface area contributed by atoms with Gasteiger partial charge in [-0.05, 0) is 35.7 Å². The van der Waals surface area contributed by atoms with Gasteiger partial charge in [0.25, 0.3) is 5.56 Å². The number of thiophene rings is 1. The van der Waals surface area contributed by atoms with Gasteiger partial charge in [0.2, 0.25) is 5.91 Å². The molecular formula is C22H19N3O3S2. The Hall–Kier alpha value is -3.10. The van der Waals surface area contributed by atoms with E-state index in [0.717, 1.165) is 5.69 Å². The number of aromatic nitrogens is 2. The van der Waals surface area contributed by atoms with Crippen LogP contribution in [0.5, 0.6) is 5.75 Å². The Morgan fingerprint density at radius 3 is 2.63 bits per heavy atom. The molecule has 2 aromatic carbocycles. The lowest BCUT2D eigenvalue weighted by atomic mass is 10.3. The third-order valence-electron chi connectivity index (χ3n) is 4.62. The lowest BCUT2D eigenvalue weighted by molar-refractivity contribution is -0.115. The van der Waals surface area contributed by atoms with Crippen molar-refractivity contribution in [3.05, 3.63) is 76.4 Å². The summed E-state index contributed by atoms with van der Waals surface area (Å²) >= 11 is 2.58. The highest BCUT2D eigenvalue weighted by atomic mass is 32.2. The summed E-state index contributed by atoms with van der Waals surface area (Å²) in [7, 11) is 3.30. The van der Waals surface area contributed by atoms with E-state index in [1.165, 1.54) is 27.7 Å². The zero-order valence-electron chi connectivity index (χ0n) is 16.4. The van der Waals surface area contributed by atoms with Crippen LogP contribution in [0.1, 0.15) is 0 Å². The Bertz CT molecular complexity index is 1250. The number of rotatable bonds is 6. The van der Waals surface area contributed by atoms with E-state index in [9.17, 15) is 9.59 Å². The maximum absolute atomic E-state index is 13.2. The molecule has 0 aliphatic heterocycles. The first-order chi connectivity index (χ1) is 14.6. The van der Waals surface area contributed by atoms with E-state index < -0.39 is 0 Å². The smallest absolute Gasteiger partial charge is 0.276 e. The molecule has 2 aromatic heterocycles. The molecule has 4 aromatic rings. The number of methoxy groups -OCH3 is 1. The summed E-state index contributed by atoms with van der Waals surface area (Å²) < 4.78 is 7.55. The van der Waals surface area contributed by atoms with Crippen molar-refractivity contribution in [1.29, 1.82) is 0 Å². The lowest BCUT2D eigenvalue weighted by Crippen LogP contribution is -2.28. The summed E-state index contributed by atoms with van der Waals surface area (Å²) in [5.74, 6) is 0.618. The third-order valence-corrected chi connectivity index (χ3v) is 6.43. The number of para-hydroxylation sites is 3. The van der Waals surface area contributed by atoms with Gasteiger partial charge in [0.15, 0.2) is 5.16 Å². The highest BCUT2D eigenvalue weighted by molar-refractivity contribution is 7.99. The van der Waals surface area contributed by atoms with E-state index in [2.05, 4.69) is 4.98 Å². The van der Waals surface area contributed by atoms with Crippen LogP contribution in [-0.4, -0.2) is 35.4 Å². The van der Waals surface area contributed by atoms with Crippen molar-refractivity contribution in [2.24, 2.45) is 0 Å². The molecule has 0 N–H and O–H groups in total. The molecule has 0 unspecified atom stereocenters. The number of carbonyl (C=O) groups is 1. The van der Waals surface area contributed by atoms with Gasteiger partial charge in [-0.1, -0.05) is 42.1 Å². The maximum atomic E-state index is 13.2. The largest absolute Gasteiger partial charge is 0.495 e. The predicted molar refractivity (Wildman–Crippen MR) is 122 cm³/mol. The number of carbonyl (C=O) groups excluding carboxylic acids is 1.